The largest absolute Gasteiger partial charge is 0.273 e. The van der Waals surface area contributed by atoms with Gasteiger partial charge in [-0.25, -0.2) is 5.01 Å². The van der Waals surface area contributed by atoms with Gasteiger partial charge in [0.25, 0.3) is 0 Å². The van der Waals surface area contributed by atoms with Gasteiger partial charge in [0, 0.05) is 19.6 Å². The molecular weight excluding hydrogens is 176 g/mol. The number of nitrogens with zero attached hydrogens (tertiary/aromatic N) is 2. The van der Waals surface area contributed by atoms with E-state index in [4.69, 9.17) is 0 Å². The zero-order valence-corrected chi connectivity index (χ0v) is 8.05. The molecule has 1 heterocycles. The average molecular weight is 188 g/mol. The van der Waals surface area contributed by atoms with E-state index >= 15 is 0 Å². The van der Waals surface area contributed by atoms with Crippen molar-refractivity contribution in [2.24, 2.45) is 5.10 Å². The van der Waals surface area contributed by atoms with Crippen LogP contribution in [0.1, 0.15) is 24.9 Å². The maximum Gasteiger partial charge on any atom is 0.240 e. The van der Waals surface area contributed by atoms with Gasteiger partial charge < -0.3 is 0 Å². The minimum atomic E-state index is -0.00685. The topological polar surface area (TPSA) is 32.7 Å². The molecule has 14 heavy (non-hydrogen) atoms. The van der Waals surface area contributed by atoms with Crippen LogP contribution in [-0.4, -0.2) is 17.1 Å². The van der Waals surface area contributed by atoms with Gasteiger partial charge in [-0.15, -0.1) is 0 Å². The van der Waals surface area contributed by atoms with Crippen molar-refractivity contribution < 1.29 is 4.79 Å². The third-order valence-corrected chi connectivity index (χ3v) is 2.34. The van der Waals surface area contributed by atoms with Crippen LogP contribution in [0.4, 0.5) is 0 Å². The molecule has 72 valence electrons. The quantitative estimate of drug-likeness (QED) is 0.663. The number of carbonyl (C=O) groups excluding carboxylic acids is 1. The fourth-order valence-electron chi connectivity index (χ4n) is 1.67. The Morgan fingerprint density at radius 3 is 2.79 bits per heavy atom. The number of amides is 1. The van der Waals surface area contributed by atoms with Gasteiger partial charge in [0.1, 0.15) is 0 Å². The fraction of sp³-hybridized carbons (Fsp3) is 0.273. The molecule has 2 rings (SSSR count). The minimum Gasteiger partial charge on any atom is -0.273 e. The predicted octanol–water partition coefficient (Wildman–Crippen LogP) is 1.97. The zero-order valence-electron chi connectivity index (χ0n) is 8.05. The summed E-state index contributed by atoms with van der Waals surface area (Å²) < 4.78 is 0. The highest BCUT2D eigenvalue weighted by Gasteiger charge is 2.25. The highest BCUT2D eigenvalue weighted by atomic mass is 16.2. The third kappa shape index (κ3) is 1.53. The Hall–Kier alpha value is -1.64. The van der Waals surface area contributed by atoms with Crippen LogP contribution in [0.25, 0.3) is 0 Å². The Labute approximate surface area is 83.0 Å². The summed E-state index contributed by atoms with van der Waals surface area (Å²) in [5.41, 5.74) is 1.14. The highest BCUT2D eigenvalue weighted by Crippen LogP contribution is 2.27. The van der Waals surface area contributed by atoms with Crippen LogP contribution in [0.5, 0.6) is 0 Å². The maximum atomic E-state index is 11.2. The van der Waals surface area contributed by atoms with Gasteiger partial charge in [-0.3, -0.25) is 4.79 Å². The molecule has 0 fully saturated rings. The van der Waals surface area contributed by atoms with Crippen molar-refractivity contribution in [2.45, 2.75) is 19.4 Å². The second-order valence-electron chi connectivity index (χ2n) is 3.32. The Bertz CT molecular complexity index is 359. The van der Waals surface area contributed by atoms with Crippen molar-refractivity contribution in [1.82, 2.24) is 5.01 Å². The summed E-state index contributed by atoms with van der Waals surface area (Å²) in [5, 5.41) is 5.59. The molecule has 1 aliphatic rings. The molecule has 0 spiro atoms. The van der Waals surface area contributed by atoms with E-state index in [-0.39, 0.29) is 11.9 Å². The lowest BCUT2D eigenvalue weighted by Crippen LogP contribution is -2.24. The number of hydrazone groups is 1. The molecule has 0 N–H and O–H groups in total. The smallest absolute Gasteiger partial charge is 0.240 e. The molecular formula is C11H12N2O. The summed E-state index contributed by atoms with van der Waals surface area (Å²) in [7, 11) is 0. The zero-order chi connectivity index (χ0) is 9.97. The average Bonchev–Trinajstić information content (AvgIpc) is 2.67. The van der Waals surface area contributed by atoms with Crippen molar-refractivity contribution >= 4 is 12.1 Å². The van der Waals surface area contributed by atoms with Crippen LogP contribution in [0.2, 0.25) is 0 Å². The van der Waals surface area contributed by atoms with E-state index < -0.39 is 0 Å². The molecule has 1 amide bonds. The number of benzene rings is 1. The number of rotatable bonds is 1. The van der Waals surface area contributed by atoms with Gasteiger partial charge in [-0.1, -0.05) is 30.3 Å². The normalized spacial score (nSPS) is 20.1. The molecule has 0 aromatic heterocycles. The van der Waals surface area contributed by atoms with Gasteiger partial charge in [0.05, 0.1) is 6.04 Å². The van der Waals surface area contributed by atoms with E-state index in [2.05, 4.69) is 5.10 Å². The predicted molar refractivity (Wildman–Crippen MR) is 54.8 cm³/mol. The Balaban J connectivity index is 2.24. The van der Waals surface area contributed by atoms with E-state index in [9.17, 15) is 4.79 Å². The summed E-state index contributed by atoms with van der Waals surface area (Å²) in [5.74, 6) is -0.00685. The van der Waals surface area contributed by atoms with E-state index in [1.807, 2.05) is 30.3 Å². The Kier molecular flexibility index (Phi) is 2.31. The molecule has 3 nitrogen and oxygen atoms in total. The van der Waals surface area contributed by atoms with Crippen LogP contribution < -0.4 is 0 Å². The number of carbonyl (C=O) groups is 1. The van der Waals surface area contributed by atoms with Crippen LogP contribution in [-0.2, 0) is 4.79 Å². The lowest BCUT2D eigenvalue weighted by atomic mass is 10.0. The van der Waals surface area contributed by atoms with E-state index in [0.717, 1.165) is 12.0 Å². The van der Waals surface area contributed by atoms with Gasteiger partial charge in [0.2, 0.25) is 5.91 Å². The SMILES string of the molecule is CC(=O)N1N=CC[C@H]1c1ccccc1. The Morgan fingerprint density at radius 1 is 1.43 bits per heavy atom. The van der Waals surface area contributed by atoms with Crippen LogP contribution in [0.3, 0.4) is 0 Å². The first-order valence-corrected chi connectivity index (χ1v) is 4.66. The molecule has 0 saturated heterocycles. The Morgan fingerprint density at radius 2 is 2.14 bits per heavy atom. The highest BCUT2D eigenvalue weighted by molar-refractivity contribution is 5.77. The molecule has 0 bridgehead atoms. The maximum absolute atomic E-state index is 11.2. The monoisotopic (exact) mass is 188 g/mol. The summed E-state index contributed by atoms with van der Waals surface area (Å²) >= 11 is 0. The van der Waals surface area contributed by atoms with Crippen LogP contribution in [0, 0.1) is 0 Å². The molecule has 0 radical (unpaired) electrons. The molecule has 0 aliphatic carbocycles. The first-order valence-electron chi connectivity index (χ1n) is 4.66. The molecule has 0 saturated carbocycles. The summed E-state index contributed by atoms with van der Waals surface area (Å²) in [6.07, 6.45) is 2.60. The molecule has 3 heteroatoms. The van der Waals surface area contributed by atoms with E-state index in [1.54, 1.807) is 13.1 Å². The first-order chi connectivity index (χ1) is 6.79. The molecule has 1 atom stereocenters. The summed E-state index contributed by atoms with van der Waals surface area (Å²) in [4.78, 5) is 11.2. The van der Waals surface area contributed by atoms with Crippen molar-refractivity contribution in [3.8, 4) is 0 Å². The van der Waals surface area contributed by atoms with Gasteiger partial charge in [-0.2, -0.15) is 5.10 Å². The minimum absolute atomic E-state index is 0.00685. The van der Waals surface area contributed by atoms with Gasteiger partial charge >= 0.3 is 0 Å². The molecule has 1 aromatic rings. The molecule has 0 unspecified atom stereocenters. The number of hydrogen-bond donors (Lipinski definition) is 0. The van der Waals surface area contributed by atoms with Crippen molar-refractivity contribution in [3.05, 3.63) is 35.9 Å². The standard InChI is InChI=1S/C11H12N2O/c1-9(14)13-11(7-8-12-13)10-5-3-2-4-6-10/h2-6,8,11H,7H2,1H3/t11-/m0/s1. The van der Waals surface area contributed by atoms with Crippen LogP contribution >= 0.6 is 0 Å². The molecule has 1 aromatic carbocycles. The lowest BCUT2D eigenvalue weighted by Gasteiger charge is -2.20. The third-order valence-electron chi connectivity index (χ3n) is 2.34. The number of hydrogen-bond acceptors (Lipinski definition) is 2. The first kappa shape index (κ1) is 8.94. The van der Waals surface area contributed by atoms with Crippen molar-refractivity contribution in [1.29, 1.82) is 0 Å². The van der Waals surface area contributed by atoms with Gasteiger partial charge in [0.15, 0.2) is 0 Å². The van der Waals surface area contributed by atoms with Crippen molar-refractivity contribution in [2.75, 3.05) is 0 Å². The van der Waals surface area contributed by atoms with Crippen LogP contribution in [0.15, 0.2) is 35.4 Å². The van der Waals surface area contributed by atoms with E-state index in [0.29, 0.717) is 0 Å². The summed E-state index contributed by atoms with van der Waals surface area (Å²) in [6.45, 7) is 1.54. The fourth-order valence-corrected chi connectivity index (χ4v) is 1.67. The second kappa shape index (κ2) is 3.62. The van der Waals surface area contributed by atoms with Gasteiger partial charge in [-0.05, 0) is 5.56 Å². The molecule has 1 aliphatic heterocycles. The lowest BCUT2D eigenvalue weighted by molar-refractivity contribution is -0.130. The van der Waals surface area contributed by atoms with Crippen molar-refractivity contribution in [3.63, 3.8) is 0 Å². The van der Waals surface area contributed by atoms with E-state index in [1.165, 1.54) is 5.01 Å². The summed E-state index contributed by atoms with van der Waals surface area (Å²) in [6, 6.07) is 10.1. The second-order valence-corrected chi connectivity index (χ2v) is 3.32.